The molecule has 6 nitrogen and oxygen atoms in total. The van der Waals surface area contributed by atoms with Crippen molar-refractivity contribution in [3.63, 3.8) is 0 Å². The first kappa shape index (κ1) is 13.3. The van der Waals surface area contributed by atoms with Crippen molar-refractivity contribution in [2.75, 3.05) is 13.2 Å². The highest BCUT2D eigenvalue weighted by molar-refractivity contribution is 5.49. The molecule has 6 heteroatoms. The molecule has 1 aliphatic heterocycles. The van der Waals surface area contributed by atoms with Crippen LogP contribution in [0.1, 0.15) is 25.6 Å². The number of aliphatic hydroxyl groups is 1. The third-order valence-electron chi connectivity index (χ3n) is 4.00. The van der Waals surface area contributed by atoms with E-state index in [1.165, 1.54) is 0 Å². The molecule has 0 bridgehead atoms. The largest absolute Gasteiger partial charge is 0.472 e. The number of rotatable bonds is 4. The molecule has 2 unspecified atom stereocenters. The van der Waals surface area contributed by atoms with Crippen LogP contribution in [-0.2, 0) is 6.54 Å². The molecule has 3 heterocycles. The van der Waals surface area contributed by atoms with Gasteiger partial charge in [0.25, 0.3) is 5.89 Å². The Morgan fingerprint density at radius 1 is 1.50 bits per heavy atom. The monoisotopic (exact) mass is 277 g/mol. The molecule has 0 saturated carbocycles. The highest BCUT2D eigenvalue weighted by Crippen LogP contribution is 2.25. The summed E-state index contributed by atoms with van der Waals surface area (Å²) in [5.41, 5.74) is 0.787. The number of hydrogen-bond acceptors (Lipinski definition) is 6. The molecule has 20 heavy (non-hydrogen) atoms. The van der Waals surface area contributed by atoms with Crippen LogP contribution in [0, 0.1) is 5.92 Å². The van der Waals surface area contributed by atoms with E-state index in [1.807, 2.05) is 0 Å². The van der Waals surface area contributed by atoms with Gasteiger partial charge in [0, 0.05) is 6.04 Å². The van der Waals surface area contributed by atoms with E-state index in [0.29, 0.717) is 24.2 Å². The Hall–Kier alpha value is -1.66. The zero-order chi connectivity index (χ0) is 13.9. The first-order chi connectivity index (χ1) is 9.78. The minimum absolute atomic E-state index is 0.174. The highest BCUT2D eigenvalue weighted by Gasteiger charge is 2.28. The van der Waals surface area contributed by atoms with Crippen LogP contribution in [0.25, 0.3) is 11.5 Å². The summed E-state index contributed by atoms with van der Waals surface area (Å²) in [6, 6.07) is 1.97. The number of nitrogens with zero attached hydrogens (tertiary/aromatic N) is 3. The molecule has 0 aromatic carbocycles. The van der Waals surface area contributed by atoms with Crippen LogP contribution in [-0.4, -0.2) is 39.3 Å². The SMILES string of the molecule is CC1CCCN(Cc2noc(-c3ccoc3)n2)C1CO. The summed E-state index contributed by atoms with van der Waals surface area (Å²) in [7, 11) is 0. The van der Waals surface area contributed by atoms with Gasteiger partial charge in [-0.1, -0.05) is 12.1 Å². The van der Waals surface area contributed by atoms with Gasteiger partial charge in [0.2, 0.25) is 0 Å². The van der Waals surface area contributed by atoms with E-state index in [9.17, 15) is 5.11 Å². The molecular formula is C14H19N3O3. The van der Waals surface area contributed by atoms with Gasteiger partial charge in [0.1, 0.15) is 6.26 Å². The summed E-state index contributed by atoms with van der Waals surface area (Å²) in [5.74, 6) is 1.61. The molecule has 2 aromatic rings. The summed E-state index contributed by atoms with van der Waals surface area (Å²) in [6.07, 6.45) is 5.46. The molecule has 0 aliphatic carbocycles. The molecule has 3 rings (SSSR count). The van der Waals surface area contributed by atoms with E-state index in [-0.39, 0.29) is 12.6 Å². The van der Waals surface area contributed by atoms with Crippen molar-refractivity contribution >= 4 is 0 Å². The van der Waals surface area contributed by atoms with E-state index in [2.05, 4.69) is 22.0 Å². The van der Waals surface area contributed by atoms with E-state index in [1.54, 1.807) is 18.6 Å². The molecular weight excluding hydrogens is 258 g/mol. The van der Waals surface area contributed by atoms with Gasteiger partial charge in [0.05, 0.1) is 25.0 Å². The summed E-state index contributed by atoms with van der Waals surface area (Å²) < 4.78 is 10.2. The number of aromatic nitrogens is 2. The fraction of sp³-hybridized carbons (Fsp3) is 0.571. The molecule has 2 aromatic heterocycles. The zero-order valence-electron chi connectivity index (χ0n) is 11.5. The van der Waals surface area contributed by atoms with Crippen LogP contribution in [0.15, 0.2) is 27.5 Å². The summed E-state index contributed by atoms with van der Waals surface area (Å²) in [6.45, 7) is 3.93. The standard InChI is InChI=1S/C14H19N3O3/c1-10-3-2-5-17(12(10)8-18)7-13-15-14(20-16-13)11-4-6-19-9-11/h4,6,9-10,12,18H,2-3,5,7-8H2,1H3. The molecule has 2 atom stereocenters. The van der Waals surface area contributed by atoms with Crippen LogP contribution in [0.3, 0.4) is 0 Å². The zero-order valence-corrected chi connectivity index (χ0v) is 11.5. The number of furan rings is 1. The van der Waals surface area contributed by atoms with E-state index < -0.39 is 0 Å². The molecule has 0 radical (unpaired) electrons. The average Bonchev–Trinajstić information content (AvgIpc) is 3.09. The van der Waals surface area contributed by atoms with Gasteiger partial charge in [0.15, 0.2) is 5.82 Å². The Labute approximate surface area is 117 Å². The maximum Gasteiger partial charge on any atom is 0.261 e. The third kappa shape index (κ3) is 2.62. The number of hydrogen-bond donors (Lipinski definition) is 1. The summed E-state index contributed by atoms with van der Waals surface area (Å²) in [4.78, 5) is 6.61. The summed E-state index contributed by atoms with van der Waals surface area (Å²) in [5, 5.41) is 13.6. The normalized spacial score (nSPS) is 24.1. The quantitative estimate of drug-likeness (QED) is 0.920. The maximum atomic E-state index is 9.55. The Bertz CT molecular complexity index is 538. The minimum Gasteiger partial charge on any atom is -0.472 e. The topological polar surface area (TPSA) is 75.5 Å². The maximum absolute atomic E-state index is 9.55. The molecule has 0 spiro atoms. The van der Waals surface area contributed by atoms with Crippen LogP contribution in [0.4, 0.5) is 0 Å². The molecule has 0 amide bonds. The molecule has 1 N–H and O–H groups in total. The van der Waals surface area contributed by atoms with E-state index >= 15 is 0 Å². The number of likely N-dealkylation sites (tertiary alicyclic amines) is 1. The van der Waals surface area contributed by atoms with Crippen molar-refractivity contribution in [3.8, 4) is 11.5 Å². The lowest BCUT2D eigenvalue weighted by molar-refractivity contribution is 0.0449. The fourth-order valence-corrected chi connectivity index (χ4v) is 2.83. The average molecular weight is 277 g/mol. The van der Waals surface area contributed by atoms with Crippen molar-refractivity contribution in [1.82, 2.24) is 15.0 Å². The Kier molecular flexibility index (Phi) is 3.84. The van der Waals surface area contributed by atoms with Crippen molar-refractivity contribution in [3.05, 3.63) is 24.4 Å². The van der Waals surface area contributed by atoms with Gasteiger partial charge in [-0.05, 0) is 31.4 Å². The number of piperidine rings is 1. The van der Waals surface area contributed by atoms with E-state index in [4.69, 9.17) is 8.94 Å². The molecule has 1 fully saturated rings. The van der Waals surface area contributed by atoms with Crippen molar-refractivity contribution in [2.24, 2.45) is 5.92 Å². The molecule has 1 saturated heterocycles. The number of aliphatic hydroxyl groups excluding tert-OH is 1. The van der Waals surface area contributed by atoms with Gasteiger partial charge >= 0.3 is 0 Å². The lowest BCUT2D eigenvalue weighted by Crippen LogP contribution is -2.46. The second-order valence-electron chi connectivity index (χ2n) is 5.37. The van der Waals surface area contributed by atoms with Gasteiger partial charge in [-0.2, -0.15) is 4.98 Å². The highest BCUT2D eigenvalue weighted by atomic mass is 16.5. The second-order valence-corrected chi connectivity index (χ2v) is 5.37. The van der Waals surface area contributed by atoms with Crippen molar-refractivity contribution < 1.29 is 14.0 Å². The predicted molar refractivity (Wildman–Crippen MR) is 71.7 cm³/mol. The third-order valence-corrected chi connectivity index (χ3v) is 4.00. The van der Waals surface area contributed by atoms with Gasteiger partial charge in [-0.25, -0.2) is 0 Å². The first-order valence-corrected chi connectivity index (χ1v) is 6.98. The molecule has 108 valence electrons. The van der Waals surface area contributed by atoms with Crippen molar-refractivity contribution in [2.45, 2.75) is 32.4 Å². The van der Waals surface area contributed by atoms with Gasteiger partial charge in [-0.15, -0.1) is 0 Å². The molecule has 1 aliphatic rings. The van der Waals surface area contributed by atoms with Crippen LogP contribution >= 0.6 is 0 Å². The van der Waals surface area contributed by atoms with Crippen LogP contribution in [0.5, 0.6) is 0 Å². The van der Waals surface area contributed by atoms with E-state index in [0.717, 1.165) is 24.9 Å². The van der Waals surface area contributed by atoms with Crippen LogP contribution < -0.4 is 0 Å². The lowest BCUT2D eigenvalue weighted by Gasteiger charge is -2.38. The Morgan fingerprint density at radius 3 is 3.15 bits per heavy atom. The lowest BCUT2D eigenvalue weighted by atomic mass is 9.91. The second kappa shape index (κ2) is 5.76. The fourth-order valence-electron chi connectivity index (χ4n) is 2.83. The van der Waals surface area contributed by atoms with Gasteiger partial charge < -0.3 is 14.0 Å². The van der Waals surface area contributed by atoms with Crippen LogP contribution in [0.2, 0.25) is 0 Å². The Balaban J connectivity index is 1.71. The minimum atomic E-state index is 0.174. The Morgan fingerprint density at radius 2 is 2.40 bits per heavy atom. The predicted octanol–water partition coefficient (Wildman–Crippen LogP) is 1.92. The first-order valence-electron chi connectivity index (χ1n) is 6.98. The summed E-state index contributed by atoms with van der Waals surface area (Å²) >= 11 is 0. The van der Waals surface area contributed by atoms with Crippen molar-refractivity contribution in [1.29, 1.82) is 0 Å². The van der Waals surface area contributed by atoms with Gasteiger partial charge in [-0.3, -0.25) is 4.90 Å². The smallest absolute Gasteiger partial charge is 0.261 e.